The minimum absolute atomic E-state index is 0.447. The predicted molar refractivity (Wildman–Crippen MR) is 76.7 cm³/mol. The number of nitrogens with zero attached hydrogens (tertiary/aromatic N) is 1. The fraction of sp³-hybridized carbons (Fsp3) is 0.267. The van der Waals surface area contributed by atoms with Gasteiger partial charge in [0.15, 0.2) is 0 Å². The van der Waals surface area contributed by atoms with E-state index in [2.05, 4.69) is 36.3 Å². The summed E-state index contributed by atoms with van der Waals surface area (Å²) in [6, 6.07) is 10.5. The fourth-order valence-electron chi connectivity index (χ4n) is 1.74. The minimum Gasteiger partial charge on any atom is -0.310 e. The maximum absolute atomic E-state index is 6.21. The smallest absolute Gasteiger partial charge is 0.0451 e. The summed E-state index contributed by atoms with van der Waals surface area (Å²) in [6.07, 6.45) is 3.64. The van der Waals surface area contributed by atoms with Gasteiger partial charge in [-0.05, 0) is 34.9 Å². The van der Waals surface area contributed by atoms with Crippen LogP contribution in [0.15, 0.2) is 42.7 Å². The van der Waals surface area contributed by atoms with Crippen LogP contribution in [0.25, 0.3) is 11.1 Å². The second-order valence-corrected chi connectivity index (χ2v) is 4.99. The molecule has 0 fully saturated rings. The van der Waals surface area contributed by atoms with Crippen LogP contribution >= 0.6 is 11.6 Å². The molecule has 0 saturated carbocycles. The van der Waals surface area contributed by atoms with Gasteiger partial charge in [0.2, 0.25) is 0 Å². The summed E-state index contributed by atoms with van der Waals surface area (Å²) in [5, 5.41) is 4.18. The van der Waals surface area contributed by atoms with E-state index in [1.165, 1.54) is 0 Å². The standard InChI is InChI=1S/C15H17ClN2/c1-11(2)18-10-14-8-12(5-6-15(14)16)13-4-3-7-17-9-13/h3-9,11,18H,10H2,1-2H3. The second-order valence-electron chi connectivity index (χ2n) is 4.58. The first-order chi connectivity index (χ1) is 8.66. The average molecular weight is 261 g/mol. The van der Waals surface area contributed by atoms with Gasteiger partial charge in [-0.15, -0.1) is 0 Å². The molecule has 0 radical (unpaired) electrons. The predicted octanol–water partition coefficient (Wildman–Crippen LogP) is 3.90. The summed E-state index contributed by atoms with van der Waals surface area (Å²) in [5.74, 6) is 0. The van der Waals surface area contributed by atoms with Crippen LogP contribution in [0.4, 0.5) is 0 Å². The molecule has 18 heavy (non-hydrogen) atoms. The van der Waals surface area contributed by atoms with Crippen molar-refractivity contribution >= 4 is 11.6 Å². The van der Waals surface area contributed by atoms with E-state index in [9.17, 15) is 0 Å². The van der Waals surface area contributed by atoms with E-state index in [0.29, 0.717) is 6.04 Å². The molecule has 2 aromatic rings. The lowest BCUT2D eigenvalue weighted by Crippen LogP contribution is -2.21. The summed E-state index contributed by atoms with van der Waals surface area (Å²) in [5.41, 5.74) is 3.37. The van der Waals surface area contributed by atoms with Gasteiger partial charge in [0.05, 0.1) is 0 Å². The zero-order valence-corrected chi connectivity index (χ0v) is 11.4. The molecule has 3 heteroatoms. The van der Waals surface area contributed by atoms with E-state index in [0.717, 1.165) is 28.3 Å². The highest BCUT2D eigenvalue weighted by atomic mass is 35.5. The summed E-state index contributed by atoms with van der Waals surface area (Å²) < 4.78 is 0. The van der Waals surface area contributed by atoms with Gasteiger partial charge in [-0.2, -0.15) is 0 Å². The first-order valence-electron chi connectivity index (χ1n) is 6.09. The van der Waals surface area contributed by atoms with Crippen LogP contribution in [-0.4, -0.2) is 11.0 Å². The third kappa shape index (κ3) is 3.31. The minimum atomic E-state index is 0.447. The van der Waals surface area contributed by atoms with Crippen LogP contribution < -0.4 is 5.32 Å². The normalized spacial score (nSPS) is 10.9. The van der Waals surface area contributed by atoms with Gasteiger partial charge in [-0.1, -0.05) is 37.6 Å². The van der Waals surface area contributed by atoms with E-state index in [1.54, 1.807) is 6.20 Å². The van der Waals surface area contributed by atoms with Gasteiger partial charge in [-0.3, -0.25) is 4.98 Å². The quantitative estimate of drug-likeness (QED) is 0.902. The van der Waals surface area contributed by atoms with E-state index in [4.69, 9.17) is 11.6 Å². The number of pyridine rings is 1. The molecule has 0 aliphatic carbocycles. The van der Waals surface area contributed by atoms with Crippen molar-refractivity contribution < 1.29 is 0 Å². The molecule has 0 spiro atoms. The topological polar surface area (TPSA) is 24.9 Å². The van der Waals surface area contributed by atoms with Crippen LogP contribution in [0.3, 0.4) is 0 Å². The number of nitrogens with one attached hydrogen (secondary N) is 1. The number of hydrogen-bond acceptors (Lipinski definition) is 2. The zero-order valence-electron chi connectivity index (χ0n) is 10.7. The van der Waals surface area contributed by atoms with Crippen LogP contribution in [0.2, 0.25) is 5.02 Å². The van der Waals surface area contributed by atoms with Gasteiger partial charge in [-0.25, -0.2) is 0 Å². The Balaban J connectivity index is 2.26. The molecule has 0 atom stereocenters. The first-order valence-corrected chi connectivity index (χ1v) is 6.47. The van der Waals surface area contributed by atoms with Crippen LogP contribution in [0.5, 0.6) is 0 Å². The van der Waals surface area contributed by atoms with Crippen molar-refractivity contribution in [1.29, 1.82) is 0 Å². The molecule has 0 amide bonds. The van der Waals surface area contributed by atoms with Crippen LogP contribution in [0.1, 0.15) is 19.4 Å². The Kier molecular flexibility index (Phi) is 4.34. The third-order valence-corrected chi connectivity index (χ3v) is 3.11. The van der Waals surface area contributed by atoms with Crippen molar-refractivity contribution in [3.63, 3.8) is 0 Å². The highest BCUT2D eigenvalue weighted by molar-refractivity contribution is 6.31. The Morgan fingerprint density at radius 2 is 2.06 bits per heavy atom. The van der Waals surface area contributed by atoms with Gasteiger partial charge in [0, 0.05) is 30.0 Å². The molecular formula is C15H17ClN2. The Morgan fingerprint density at radius 3 is 2.72 bits per heavy atom. The van der Waals surface area contributed by atoms with E-state index in [-0.39, 0.29) is 0 Å². The van der Waals surface area contributed by atoms with Crippen molar-refractivity contribution in [2.24, 2.45) is 0 Å². The Morgan fingerprint density at radius 1 is 1.22 bits per heavy atom. The van der Waals surface area contributed by atoms with Gasteiger partial charge >= 0.3 is 0 Å². The Bertz CT molecular complexity index is 509. The van der Waals surface area contributed by atoms with E-state index < -0.39 is 0 Å². The van der Waals surface area contributed by atoms with Gasteiger partial charge < -0.3 is 5.32 Å². The maximum atomic E-state index is 6.21. The molecule has 0 saturated heterocycles. The van der Waals surface area contributed by atoms with Crippen molar-refractivity contribution in [2.75, 3.05) is 0 Å². The Labute approximate surface area is 113 Å². The molecule has 0 aliphatic heterocycles. The summed E-state index contributed by atoms with van der Waals surface area (Å²) in [4.78, 5) is 4.14. The molecule has 1 heterocycles. The van der Waals surface area contributed by atoms with Crippen LogP contribution in [-0.2, 0) is 6.54 Å². The van der Waals surface area contributed by atoms with E-state index >= 15 is 0 Å². The van der Waals surface area contributed by atoms with Crippen molar-refractivity contribution in [1.82, 2.24) is 10.3 Å². The maximum Gasteiger partial charge on any atom is 0.0451 e. The number of benzene rings is 1. The highest BCUT2D eigenvalue weighted by Crippen LogP contribution is 2.24. The molecule has 94 valence electrons. The lowest BCUT2D eigenvalue weighted by atomic mass is 10.0. The SMILES string of the molecule is CC(C)NCc1cc(-c2cccnc2)ccc1Cl. The molecule has 1 N–H and O–H groups in total. The summed E-state index contributed by atoms with van der Waals surface area (Å²) >= 11 is 6.21. The zero-order chi connectivity index (χ0) is 13.0. The molecule has 1 aromatic carbocycles. The molecule has 0 unspecified atom stereocenters. The van der Waals surface area contributed by atoms with Gasteiger partial charge in [0.1, 0.15) is 0 Å². The highest BCUT2D eigenvalue weighted by Gasteiger charge is 2.04. The number of hydrogen-bond donors (Lipinski definition) is 1. The molecule has 2 nitrogen and oxygen atoms in total. The third-order valence-electron chi connectivity index (χ3n) is 2.74. The monoisotopic (exact) mass is 260 g/mol. The van der Waals surface area contributed by atoms with E-state index in [1.807, 2.05) is 24.4 Å². The van der Waals surface area contributed by atoms with Crippen LogP contribution in [0, 0.1) is 0 Å². The molecule has 0 bridgehead atoms. The Hall–Kier alpha value is -1.38. The van der Waals surface area contributed by atoms with Crippen molar-refractivity contribution in [3.05, 3.63) is 53.3 Å². The summed E-state index contributed by atoms with van der Waals surface area (Å²) in [7, 11) is 0. The van der Waals surface area contributed by atoms with Crippen molar-refractivity contribution in [2.45, 2.75) is 26.4 Å². The molecular weight excluding hydrogens is 244 g/mol. The molecule has 0 aliphatic rings. The largest absolute Gasteiger partial charge is 0.310 e. The first kappa shape index (κ1) is 13.1. The second kappa shape index (κ2) is 5.98. The number of halogens is 1. The molecule has 2 rings (SSSR count). The van der Waals surface area contributed by atoms with Gasteiger partial charge in [0.25, 0.3) is 0 Å². The molecule has 1 aromatic heterocycles. The van der Waals surface area contributed by atoms with Crippen molar-refractivity contribution in [3.8, 4) is 11.1 Å². The lowest BCUT2D eigenvalue weighted by Gasteiger charge is -2.11. The fourth-order valence-corrected chi connectivity index (χ4v) is 1.92. The lowest BCUT2D eigenvalue weighted by molar-refractivity contribution is 0.589. The summed E-state index contributed by atoms with van der Waals surface area (Å²) in [6.45, 7) is 5.03. The average Bonchev–Trinajstić information content (AvgIpc) is 2.38. The number of rotatable bonds is 4. The number of aromatic nitrogens is 1.